The lowest BCUT2D eigenvalue weighted by Crippen LogP contribution is -2.48. The Morgan fingerprint density at radius 2 is 2.05 bits per heavy atom. The predicted octanol–water partition coefficient (Wildman–Crippen LogP) is 1.71. The Kier molecular flexibility index (Phi) is 3.42. The molecule has 2 aliphatic rings. The zero-order valence-corrected chi connectivity index (χ0v) is 11.2. The molecule has 3 rings (SSSR count). The molecule has 0 saturated carbocycles. The fraction of sp³-hybridized carbons (Fsp3) is 0.533. The van der Waals surface area contributed by atoms with E-state index in [1.165, 1.54) is 12.8 Å². The minimum Gasteiger partial charge on any atom is -0.497 e. The zero-order valence-electron chi connectivity index (χ0n) is 11.2. The molecule has 2 aliphatic heterocycles. The van der Waals surface area contributed by atoms with Crippen molar-refractivity contribution in [1.29, 1.82) is 0 Å². The Morgan fingerprint density at radius 1 is 1.32 bits per heavy atom. The number of rotatable bonds is 3. The summed E-state index contributed by atoms with van der Waals surface area (Å²) < 4.78 is 5.15. The molecule has 1 amide bonds. The van der Waals surface area contributed by atoms with Crippen molar-refractivity contribution in [1.82, 2.24) is 10.6 Å². The number of carbonyl (C=O) groups excluding carboxylic acids is 1. The summed E-state index contributed by atoms with van der Waals surface area (Å²) >= 11 is 0. The molecule has 2 atom stereocenters. The van der Waals surface area contributed by atoms with E-state index in [-0.39, 0.29) is 5.91 Å². The highest BCUT2D eigenvalue weighted by Gasteiger charge is 2.34. The average molecular weight is 260 g/mol. The van der Waals surface area contributed by atoms with Gasteiger partial charge in [-0.05, 0) is 43.9 Å². The lowest BCUT2D eigenvalue weighted by Gasteiger charge is -2.29. The second-order valence-corrected chi connectivity index (χ2v) is 5.51. The predicted molar refractivity (Wildman–Crippen MR) is 73.4 cm³/mol. The van der Waals surface area contributed by atoms with E-state index >= 15 is 0 Å². The van der Waals surface area contributed by atoms with Gasteiger partial charge in [-0.2, -0.15) is 0 Å². The van der Waals surface area contributed by atoms with Gasteiger partial charge >= 0.3 is 0 Å². The van der Waals surface area contributed by atoms with E-state index in [0.29, 0.717) is 23.7 Å². The monoisotopic (exact) mass is 260 g/mol. The summed E-state index contributed by atoms with van der Waals surface area (Å²) in [5, 5.41) is 6.73. The van der Waals surface area contributed by atoms with Gasteiger partial charge in [-0.1, -0.05) is 6.07 Å². The molecule has 0 spiro atoms. The molecule has 2 bridgehead atoms. The number of carbonyl (C=O) groups is 1. The van der Waals surface area contributed by atoms with Gasteiger partial charge in [-0.15, -0.1) is 0 Å². The summed E-state index contributed by atoms with van der Waals surface area (Å²) in [5.41, 5.74) is 0.672. The van der Waals surface area contributed by atoms with Crippen molar-refractivity contribution in [2.45, 2.75) is 43.8 Å². The summed E-state index contributed by atoms with van der Waals surface area (Å²) in [4.78, 5) is 12.2. The van der Waals surface area contributed by atoms with Crippen LogP contribution < -0.4 is 15.4 Å². The molecule has 4 heteroatoms. The van der Waals surface area contributed by atoms with Crippen LogP contribution in [0.2, 0.25) is 0 Å². The van der Waals surface area contributed by atoms with Crippen LogP contribution in [0.1, 0.15) is 36.0 Å². The van der Waals surface area contributed by atoms with Crippen LogP contribution in [0, 0.1) is 0 Å². The van der Waals surface area contributed by atoms with Gasteiger partial charge in [0.1, 0.15) is 5.75 Å². The molecule has 0 aromatic heterocycles. The first-order chi connectivity index (χ1) is 9.24. The molecule has 2 saturated heterocycles. The van der Waals surface area contributed by atoms with E-state index in [2.05, 4.69) is 10.6 Å². The molecule has 2 N–H and O–H groups in total. The molecule has 1 aromatic rings. The minimum absolute atomic E-state index is 0.00481. The lowest BCUT2D eigenvalue weighted by molar-refractivity contribution is 0.0923. The summed E-state index contributed by atoms with van der Waals surface area (Å²) in [7, 11) is 1.61. The number of benzene rings is 1. The maximum atomic E-state index is 12.2. The van der Waals surface area contributed by atoms with Gasteiger partial charge in [-0.3, -0.25) is 4.79 Å². The highest BCUT2D eigenvalue weighted by atomic mass is 16.5. The van der Waals surface area contributed by atoms with E-state index in [1.54, 1.807) is 13.2 Å². The molecule has 2 heterocycles. The second-order valence-electron chi connectivity index (χ2n) is 5.51. The second kappa shape index (κ2) is 5.21. The highest BCUT2D eigenvalue weighted by molar-refractivity contribution is 5.94. The summed E-state index contributed by atoms with van der Waals surface area (Å²) in [5.74, 6) is 0.725. The maximum Gasteiger partial charge on any atom is 0.251 e. The topological polar surface area (TPSA) is 50.4 Å². The minimum atomic E-state index is 0.00481. The molecular weight excluding hydrogens is 240 g/mol. The molecule has 2 fully saturated rings. The molecule has 102 valence electrons. The molecular formula is C15H20N2O2. The first-order valence-electron chi connectivity index (χ1n) is 6.95. The third-order valence-electron chi connectivity index (χ3n) is 4.14. The van der Waals surface area contributed by atoms with Crippen LogP contribution in [0.25, 0.3) is 0 Å². The molecule has 2 unspecified atom stereocenters. The molecule has 0 radical (unpaired) electrons. The summed E-state index contributed by atoms with van der Waals surface area (Å²) in [6.07, 6.45) is 4.59. The summed E-state index contributed by atoms with van der Waals surface area (Å²) in [6, 6.07) is 8.79. The first kappa shape index (κ1) is 12.5. The van der Waals surface area contributed by atoms with Crippen molar-refractivity contribution in [3.8, 4) is 5.75 Å². The van der Waals surface area contributed by atoms with Crippen molar-refractivity contribution in [2.24, 2.45) is 0 Å². The summed E-state index contributed by atoms with van der Waals surface area (Å²) in [6.45, 7) is 0. The molecule has 1 aromatic carbocycles. The Morgan fingerprint density at radius 3 is 2.74 bits per heavy atom. The number of hydrogen-bond acceptors (Lipinski definition) is 3. The van der Waals surface area contributed by atoms with E-state index in [1.807, 2.05) is 18.2 Å². The quantitative estimate of drug-likeness (QED) is 0.870. The van der Waals surface area contributed by atoms with Crippen LogP contribution in [-0.4, -0.2) is 31.1 Å². The number of nitrogens with one attached hydrogen (secondary N) is 2. The van der Waals surface area contributed by atoms with Crippen LogP contribution >= 0.6 is 0 Å². The van der Waals surface area contributed by atoms with Crippen molar-refractivity contribution < 1.29 is 9.53 Å². The Bertz CT molecular complexity index is 463. The van der Waals surface area contributed by atoms with E-state index in [4.69, 9.17) is 4.74 Å². The largest absolute Gasteiger partial charge is 0.497 e. The number of hydrogen-bond donors (Lipinski definition) is 2. The van der Waals surface area contributed by atoms with Crippen LogP contribution in [-0.2, 0) is 0 Å². The number of methoxy groups -OCH3 is 1. The number of amides is 1. The molecule has 19 heavy (non-hydrogen) atoms. The fourth-order valence-electron chi connectivity index (χ4n) is 3.21. The van der Waals surface area contributed by atoms with Gasteiger partial charge in [-0.25, -0.2) is 0 Å². The lowest BCUT2D eigenvalue weighted by atomic mass is 9.99. The van der Waals surface area contributed by atoms with Gasteiger partial charge in [0.05, 0.1) is 7.11 Å². The van der Waals surface area contributed by atoms with Crippen LogP contribution in [0.4, 0.5) is 0 Å². The van der Waals surface area contributed by atoms with E-state index in [9.17, 15) is 4.79 Å². The van der Waals surface area contributed by atoms with Crippen molar-refractivity contribution in [3.63, 3.8) is 0 Å². The van der Waals surface area contributed by atoms with Crippen LogP contribution in [0.5, 0.6) is 5.75 Å². The van der Waals surface area contributed by atoms with Crippen LogP contribution in [0.3, 0.4) is 0 Å². The Hall–Kier alpha value is -1.55. The average Bonchev–Trinajstić information content (AvgIpc) is 2.78. The SMILES string of the molecule is COc1cccc(C(=O)NC2CC3CCC(C2)N3)c1. The van der Waals surface area contributed by atoms with E-state index in [0.717, 1.165) is 18.6 Å². The van der Waals surface area contributed by atoms with Gasteiger partial charge < -0.3 is 15.4 Å². The number of piperidine rings is 1. The third-order valence-corrected chi connectivity index (χ3v) is 4.14. The standard InChI is InChI=1S/C15H20N2O2/c1-19-14-4-2-3-10(7-14)15(18)17-13-8-11-5-6-12(9-13)16-11/h2-4,7,11-13,16H,5-6,8-9H2,1H3,(H,17,18). The molecule has 0 aliphatic carbocycles. The maximum absolute atomic E-state index is 12.2. The Labute approximate surface area is 113 Å². The third kappa shape index (κ3) is 2.73. The Balaban J connectivity index is 1.64. The van der Waals surface area contributed by atoms with Crippen molar-refractivity contribution >= 4 is 5.91 Å². The van der Waals surface area contributed by atoms with Gasteiger partial charge in [0.15, 0.2) is 0 Å². The number of fused-ring (bicyclic) bond motifs is 2. The zero-order chi connectivity index (χ0) is 13.2. The van der Waals surface area contributed by atoms with E-state index < -0.39 is 0 Å². The van der Waals surface area contributed by atoms with Gasteiger partial charge in [0.25, 0.3) is 5.91 Å². The first-order valence-corrected chi connectivity index (χ1v) is 6.95. The molecule has 4 nitrogen and oxygen atoms in total. The van der Waals surface area contributed by atoms with Crippen molar-refractivity contribution in [3.05, 3.63) is 29.8 Å². The fourth-order valence-corrected chi connectivity index (χ4v) is 3.21. The highest BCUT2D eigenvalue weighted by Crippen LogP contribution is 2.27. The smallest absolute Gasteiger partial charge is 0.251 e. The normalized spacial score (nSPS) is 29.0. The van der Waals surface area contributed by atoms with Crippen LogP contribution in [0.15, 0.2) is 24.3 Å². The van der Waals surface area contributed by atoms with Gasteiger partial charge in [0.2, 0.25) is 0 Å². The number of ether oxygens (including phenoxy) is 1. The van der Waals surface area contributed by atoms with Gasteiger partial charge in [0, 0.05) is 23.7 Å². The van der Waals surface area contributed by atoms with Crippen molar-refractivity contribution in [2.75, 3.05) is 7.11 Å².